The Bertz CT molecular complexity index is 457. The van der Waals surface area contributed by atoms with Gasteiger partial charge in [-0.3, -0.25) is 9.69 Å². The molecule has 2 heterocycles. The third kappa shape index (κ3) is 2.86. The molecule has 0 bridgehead atoms. The van der Waals surface area contributed by atoms with Crippen LogP contribution in [0.25, 0.3) is 0 Å². The maximum atomic E-state index is 12.3. The topological polar surface area (TPSA) is 32.8 Å². The van der Waals surface area contributed by atoms with Gasteiger partial charge in [0.05, 0.1) is 12.0 Å². The highest BCUT2D eigenvalue weighted by Gasteiger charge is 2.37. The van der Waals surface area contributed by atoms with Crippen molar-refractivity contribution in [2.24, 2.45) is 5.92 Å². The first-order valence-corrected chi connectivity index (χ1v) is 7.34. The Kier molecular flexibility index (Phi) is 4.03. The Balaban J connectivity index is 1.45. The van der Waals surface area contributed by atoms with Gasteiger partial charge in [0.25, 0.3) is 0 Å². The molecule has 0 aliphatic carbocycles. The molecule has 4 nitrogen and oxygen atoms in total. The zero-order chi connectivity index (χ0) is 13.9. The Morgan fingerprint density at radius 2 is 2.00 bits per heavy atom. The van der Waals surface area contributed by atoms with Gasteiger partial charge in [-0.05, 0) is 12.0 Å². The van der Waals surface area contributed by atoms with E-state index in [1.54, 1.807) is 7.11 Å². The lowest BCUT2D eigenvalue weighted by molar-refractivity contribution is -0.140. The number of amides is 1. The first kappa shape index (κ1) is 13.6. The summed E-state index contributed by atoms with van der Waals surface area (Å²) in [6.07, 6.45) is 1.21. The highest BCUT2D eigenvalue weighted by Crippen LogP contribution is 2.23. The molecule has 1 amide bonds. The second kappa shape index (κ2) is 5.94. The molecule has 1 aromatic carbocycles. The predicted octanol–water partition coefficient (Wildman–Crippen LogP) is 1.37. The number of carbonyl (C=O) groups is 1. The zero-order valence-electron chi connectivity index (χ0n) is 12.0. The average Bonchev–Trinajstić information content (AvgIpc) is 2.92. The van der Waals surface area contributed by atoms with Crippen molar-refractivity contribution in [3.05, 3.63) is 35.9 Å². The number of ether oxygens (including phenoxy) is 1. The Hall–Kier alpha value is -1.39. The number of rotatable bonds is 4. The van der Waals surface area contributed by atoms with Crippen LogP contribution in [0.3, 0.4) is 0 Å². The van der Waals surface area contributed by atoms with Crippen molar-refractivity contribution < 1.29 is 9.53 Å². The molecule has 0 radical (unpaired) electrons. The normalized spacial score (nSPS) is 23.9. The summed E-state index contributed by atoms with van der Waals surface area (Å²) in [6, 6.07) is 10.4. The second-order valence-electron chi connectivity index (χ2n) is 5.81. The van der Waals surface area contributed by atoms with Crippen LogP contribution in [0.5, 0.6) is 0 Å². The van der Waals surface area contributed by atoms with E-state index in [-0.39, 0.29) is 12.0 Å². The number of carbonyl (C=O) groups excluding carboxylic acids is 1. The van der Waals surface area contributed by atoms with Gasteiger partial charge in [0.15, 0.2) is 0 Å². The lowest BCUT2D eigenvalue weighted by Gasteiger charge is -2.40. The lowest BCUT2D eigenvalue weighted by atomic mass is 9.97. The van der Waals surface area contributed by atoms with Crippen LogP contribution in [0.2, 0.25) is 0 Å². The molecule has 20 heavy (non-hydrogen) atoms. The standard InChI is InChI=1S/C16H22N2O2/c1-20-15-7-8-18(12-15)16(19)14-10-17(11-14)9-13-5-3-2-4-6-13/h2-6,14-15H,7-12H2,1H3/t15-/m1/s1. The van der Waals surface area contributed by atoms with Gasteiger partial charge in [0.1, 0.15) is 0 Å². The van der Waals surface area contributed by atoms with E-state index >= 15 is 0 Å². The van der Waals surface area contributed by atoms with E-state index in [0.717, 1.165) is 39.1 Å². The predicted molar refractivity (Wildman–Crippen MR) is 77.2 cm³/mol. The number of hydrogen-bond donors (Lipinski definition) is 0. The molecule has 108 valence electrons. The summed E-state index contributed by atoms with van der Waals surface area (Å²) in [4.78, 5) is 16.6. The van der Waals surface area contributed by atoms with Crippen molar-refractivity contribution in [3.8, 4) is 0 Å². The van der Waals surface area contributed by atoms with Gasteiger partial charge in [0, 0.05) is 39.8 Å². The molecule has 4 heteroatoms. The maximum Gasteiger partial charge on any atom is 0.228 e. The molecule has 0 unspecified atom stereocenters. The van der Waals surface area contributed by atoms with Crippen LogP contribution < -0.4 is 0 Å². The molecule has 0 N–H and O–H groups in total. The largest absolute Gasteiger partial charge is 0.380 e. The molecule has 2 aliphatic heterocycles. The average molecular weight is 274 g/mol. The van der Waals surface area contributed by atoms with Crippen molar-refractivity contribution in [2.45, 2.75) is 19.1 Å². The Morgan fingerprint density at radius 3 is 2.65 bits per heavy atom. The van der Waals surface area contributed by atoms with Crippen LogP contribution in [-0.4, -0.2) is 55.1 Å². The molecule has 3 rings (SSSR count). The van der Waals surface area contributed by atoms with Crippen molar-refractivity contribution in [3.63, 3.8) is 0 Å². The monoisotopic (exact) mass is 274 g/mol. The van der Waals surface area contributed by atoms with E-state index in [2.05, 4.69) is 29.2 Å². The molecule has 0 spiro atoms. The lowest BCUT2D eigenvalue weighted by Crippen LogP contribution is -2.53. The minimum atomic E-state index is 0.189. The van der Waals surface area contributed by atoms with E-state index in [1.165, 1.54) is 5.56 Å². The quantitative estimate of drug-likeness (QED) is 0.831. The van der Waals surface area contributed by atoms with Crippen LogP contribution in [0.4, 0.5) is 0 Å². The molecule has 1 atom stereocenters. The van der Waals surface area contributed by atoms with Crippen LogP contribution in [0.1, 0.15) is 12.0 Å². The fourth-order valence-corrected chi connectivity index (χ4v) is 3.08. The van der Waals surface area contributed by atoms with Gasteiger partial charge in [-0.2, -0.15) is 0 Å². The van der Waals surface area contributed by atoms with Crippen LogP contribution in [-0.2, 0) is 16.1 Å². The fourth-order valence-electron chi connectivity index (χ4n) is 3.08. The van der Waals surface area contributed by atoms with Gasteiger partial charge in [0.2, 0.25) is 5.91 Å². The first-order chi connectivity index (χ1) is 9.76. The highest BCUT2D eigenvalue weighted by atomic mass is 16.5. The number of benzene rings is 1. The molecule has 0 saturated carbocycles. The van der Waals surface area contributed by atoms with Crippen LogP contribution in [0.15, 0.2) is 30.3 Å². The first-order valence-electron chi connectivity index (χ1n) is 7.34. The molecule has 2 aliphatic rings. The van der Waals surface area contributed by atoms with Crippen molar-refractivity contribution in [2.75, 3.05) is 33.3 Å². The molecule has 0 aromatic heterocycles. The molecule has 1 aromatic rings. The van der Waals surface area contributed by atoms with Crippen molar-refractivity contribution in [1.82, 2.24) is 9.80 Å². The fraction of sp³-hybridized carbons (Fsp3) is 0.562. The van der Waals surface area contributed by atoms with E-state index in [4.69, 9.17) is 4.74 Å². The van der Waals surface area contributed by atoms with Gasteiger partial charge >= 0.3 is 0 Å². The van der Waals surface area contributed by atoms with Gasteiger partial charge in [-0.25, -0.2) is 0 Å². The second-order valence-corrected chi connectivity index (χ2v) is 5.81. The molecular formula is C16H22N2O2. The van der Waals surface area contributed by atoms with Gasteiger partial charge in [-0.1, -0.05) is 30.3 Å². The number of likely N-dealkylation sites (tertiary alicyclic amines) is 2. The van der Waals surface area contributed by atoms with Crippen molar-refractivity contribution >= 4 is 5.91 Å². The molecule has 2 saturated heterocycles. The van der Waals surface area contributed by atoms with Gasteiger partial charge < -0.3 is 9.64 Å². The van der Waals surface area contributed by atoms with Crippen LogP contribution >= 0.6 is 0 Å². The van der Waals surface area contributed by atoms with E-state index < -0.39 is 0 Å². The Morgan fingerprint density at radius 1 is 1.25 bits per heavy atom. The summed E-state index contributed by atoms with van der Waals surface area (Å²) in [5, 5.41) is 0. The highest BCUT2D eigenvalue weighted by molar-refractivity contribution is 5.80. The van der Waals surface area contributed by atoms with E-state index in [0.29, 0.717) is 5.91 Å². The maximum absolute atomic E-state index is 12.3. The molecule has 2 fully saturated rings. The van der Waals surface area contributed by atoms with Gasteiger partial charge in [-0.15, -0.1) is 0 Å². The third-order valence-corrected chi connectivity index (χ3v) is 4.35. The summed E-state index contributed by atoms with van der Waals surface area (Å²) >= 11 is 0. The summed E-state index contributed by atoms with van der Waals surface area (Å²) in [5.41, 5.74) is 1.32. The Labute approximate surface area is 120 Å². The third-order valence-electron chi connectivity index (χ3n) is 4.35. The van der Waals surface area contributed by atoms with E-state index in [1.807, 2.05) is 11.0 Å². The van der Waals surface area contributed by atoms with Crippen LogP contribution in [0, 0.1) is 5.92 Å². The molecular weight excluding hydrogens is 252 g/mol. The number of hydrogen-bond acceptors (Lipinski definition) is 3. The summed E-state index contributed by atoms with van der Waals surface area (Å²) in [5.74, 6) is 0.503. The minimum Gasteiger partial charge on any atom is -0.380 e. The smallest absolute Gasteiger partial charge is 0.228 e. The summed E-state index contributed by atoms with van der Waals surface area (Å²) < 4.78 is 5.32. The summed E-state index contributed by atoms with van der Waals surface area (Å²) in [7, 11) is 1.73. The SMILES string of the molecule is CO[C@@H]1CCN(C(=O)C2CN(Cc3ccccc3)C2)C1. The number of methoxy groups -OCH3 is 1. The van der Waals surface area contributed by atoms with Crippen molar-refractivity contribution in [1.29, 1.82) is 0 Å². The van der Waals surface area contributed by atoms with E-state index in [9.17, 15) is 4.79 Å². The zero-order valence-corrected chi connectivity index (χ0v) is 12.0. The number of nitrogens with zero attached hydrogens (tertiary/aromatic N) is 2. The summed E-state index contributed by atoms with van der Waals surface area (Å²) in [6.45, 7) is 4.35. The minimum absolute atomic E-state index is 0.189.